The average Bonchev–Trinajstić information content (AvgIpc) is 3.59. The number of aldehydes is 1. The highest BCUT2D eigenvalue weighted by molar-refractivity contribution is 5.86. The molecule has 1 fully saturated rings. The molecule has 3 heterocycles. The largest absolute Gasteiger partial charge is 0.346 e. The lowest BCUT2D eigenvalue weighted by atomic mass is 10.0. The maximum atomic E-state index is 13.5. The van der Waals surface area contributed by atoms with E-state index < -0.39 is 11.7 Å². The summed E-state index contributed by atoms with van der Waals surface area (Å²) in [6.07, 6.45) is 11.1. The molecular weight excluding hydrogens is 622 g/mol. The van der Waals surface area contributed by atoms with E-state index in [-0.39, 0.29) is 5.57 Å². The lowest BCUT2D eigenvalue weighted by Gasteiger charge is -2.32. The maximum absolute atomic E-state index is 13.5. The van der Waals surface area contributed by atoms with E-state index in [0.717, 1.165) is 74.7 Å². The number of hydrogen-bond donors (Lipinski definition) is 2. The predicted molar refractivity (Wildman–Crippen MR) is 203 cm³/mol. The Morgan fingerprint density at radius 3 is 2.22 bits per heavy atom. The molecule has 8 nitrogen and oxygen atoms in total. The van der Waals surface area contributed by atoms with Gasteiger partial charge < -0.3 is 10.2 Å². The van der Waals surface area contributed by atoms with Gasteiger partial charge in [0.1, 0.15) is 17.9 Å². The Hall–Kier alpha value is -3.76. The van der Waals surface area contributed by atoms with Gasteiger partial charge in [-0.05, 0) is 103 Å². The van der Waals surface area contributed by atoms with E-state index in [2.05, 4.69) is 59.2 Å². The normalized spacial score (nSPS) is 14.3. The quantitative estimate of drug-likeness (QED) is 0.172. The fourth-order valence-corrected chi connectivity index (χ4v) is 4.48. The highest BCUT2D eigenvalue weighted by atomic mass is 19.1. The highest BCUT2D eigenvalue weighted by Gasteiger charge is 2.21. The van der Waals surface area contributed by atoms with E-state index in [9.17, 15) is 18.4 Å². The summed E-state index contributed by atoms with van der Waals surface area (Å²) in [5.74, 6) is -0.872. The molecule has 1 aliphatic heterocycles. The van der Waals surface area contributed by atoms with Gasteiger partial charge in [0.2, 0.25) is 6.41 Å². The zero-order chi connectivity index (χ0) is 37.6. The summed E-state index contributed by atoms with van der Waals surface area (Å²) in [6.45, 7) is 23.1. The Bertz CT molecular complexity index is 1320. The number of hydrogen-bond acceptors (Lipinski definition) is 6. The average molecular weight is 687 g/mol. The van der Waals surface area contributed by atoms with Gasteiger partial charge in [-0.15, -0.1) is 0 Å². The third-order valence-corrected chi connectivity index (χ3v) is 6.97. The van der Waals surface area contributed by atoms with Crippen LogP contribution >= 0.6 is 0 Å². The third kappa shape index (κ3) is 21.8. The summed E-state index contributed by atoms with van der Waals surface area (Å²) in [7, 11) is 1.93. The summed E-state index contributed by atoms with van der Waals surface area (Å²) in [6, 6.07) is 9.87. The van der Waals surface area contributed by atoms with Crippen LogP contribution in [0.1, 0.15) is 103 Å². The molecule has 0 saturated carbocycles. The Balaban J connectivity index is 0. The molecule has 2 aromatic heterocycles. The van der Waals surface area contributed by atoms with Gasteiger partial charge in [0.15, 0.2) is 0 Å². The molecule has 1 aromatic carbocycles. The number of nitrogens with zero attached hydrogens (tertiary/aromatic N) is 4. The van der Waals surface area contributed by atoms with E-state index in [4.69, 9.17) is 0 Å². The molecule has 10 heteroatoms. The van der Waals surface area contributed by atoms with E-state index in [0.29, 0.717) is 18.2 Å². The second-order valence-electron chi connectivity index (χ2n) is 11.3. The van der Waals surface area contributed by atoms with Gasteiger partial charge >= 0.3 is 0 Å². The predicted octanol–water partition coefficient (Wildman–Crippen LogP) is 9.18. The fraction of sp³-hybridized carbons (Fsp3) is 0.538. The minimum absolute atomic E-state index is 0.184. The van der Waals surface area contributed by atoms with Crippen LogP contribution in [0.2, 0.25) is 0 Å². The maximum Gasteiger partial charge on any atom is 0.209 e. The van der Waals surface area contributed by atoms with E-state index in [1.54, 1.807) is 30.2 Å². The Kier molecular flexibility index (Phi) is 29.3. The standard InChI is InChI=1S/C13H22F2N2.C8H6N2O.C7H9N.C6H13NO.C3H8.C2H6/c1-4-13(15)12(10(2)14)9-17-7-5-6-11(8-17)16-3;11-5-6-1-2-8-7(3-6)4-9-10-8;1-6-3-4-8-7(2)5-6;1-3-5-7(4-2)6-8;1-3-2;1-2/h4,11,16H,5-9H2,1-3H3;1-5H,(H,9,10);3-5H,1-2H3;6H,3-5H2,1-2H3;3H2,1-2H3;1-2H3/b12-10+,13-4+;;;;;/t11-;;;;;/m1...../s1. The number of aryl methyl sites for hydroxylation is 2. The first kappa shape index (κ1) is 47.4. The summed E-state index contributed by atoms with van der Waals surface area (Å²) in [5.41, 5.74) is 4.18. The molecular formula is C39H64F2N6O2. The molecule has 1 aliphatic rings. The van der Waals surface area contributed by atoms with Crippen LogP contribution in [-0.4, -0.2) is 83.5 Å². The van der Waals surface area contributed by atoms with Crippen molar-refractivity contribution in [2.75, 3.05) is 39.8 Å². The number of H-pyrrole nitrogens is 1. The van der Waals surface area contributed by atoms with Crippen molar-refractivity contribution in [1.29, 1.82) is 0 Å². The van der Waals surface area contributed by atoms with E-state index in [1.807, 2.05) is 53.1 Å². The molecule has 0 radical (unpaired) electrons. The number of likely N-dealkylation sites (N-methyl/N-ethyl adjacent to an activating group) is 1. The Morgan fingerprint density at radius 2 is 1.78 bits per heavy atom. The van der Waals surface area contributed by atoms with Crippen molar-refractivity contribution in [2.24, 2.45) is 0 Å². The fourth-order valence-electron chi connectivity index (χ4n) is 4.48. The number of carbonyl (C=O) groups excluding carboxylic acids is 2. The summed E-state index contributed by atoms with van der Waals surface area (Å²) < 4.78 is 26.8. The molecule has 2 N–H and O–H groups in total. The molecule has 1 atom stereocenters. The number of halogens is 2. The van der Waals surface area contributed by atoms with Gasteiger partial charge in [-0.25, -0.2) is 8.78 Å². The smallest absolute Gasteiger partial charge is 0.209 e. The van der Waals surface area contributed by atoms with Crippen LogP contribution in [0.3, 0.4) is 0 Å². The second-order valence-corrected chi connectivity index (χ2v) is 11.3. The van der Waals surface area contributed by atoms with Gasteiger partial charge in [-0.3, -0.25) is 24.6 Å². The van der Waals surface area contributed by atoms with Gasteiger partial charge in [0.05, 0.1) is 11.7 Å². The zero-order valence-electron chi connectivity index (χ0n) is 32.1. The molecule has 0 aliphatic carbocycles. The van der Waals surface area contributed by atoms with Crippen LogP contribution in [0.15, 0.2) is 66.0 Å². The molecule has 0 bridgehead atoms. The highest BCUT2D eigenvalue weighted by Crippen LogP contribution is 2.21. The van der Waals surface area contributed by atoms with Crippen molar-refractivity contribution in [3.8, 4) is 0 Å². The van der Waals surface area contributed by atoms with Crippen LogP contribution in [0.5, 0.6) is 0 Å². The number of carbonyl (C=O) groups is 2. The third-order valence-electron chi connectivity index (χ3n) is 6.97. The zero-order valence-corrected chi connectivity index (χ0v) is 32.1. The first-order valence-electron chi connectivity index (χ1n) is 17.6. The molecule has 3 aromatic rings. The number of allylic oxidation sites excluding steroid dienone is 2. The van der Waals surface area contributed by atoms with Crippen molar-refractivity contribution in [1.82, 2.24) is 30.3 Å². The summed E-state index contributed by atoms with van der Waals surface area (Å²) in [5, 5.41) is 10.8. The van der Waals surface area contributed by atoms with Crippen molar-refractivity contribution < 1.29 is 18.4 Å². The number of amides is 1. The first-order chi connectivity index (χ1) is 23.5. The van der Waals surface area contributed by atoms with Crippen LogP contribution in [0.4, 0.5) is 8.78 Å². The van der Waals surface area contributed by atoms with Crippen molar-refractivity contribution >= 4 is 23.6 Å². The van der Waals surface area contributed by atoms with Gasteiger partial charge in [-0.2, -0.15) is 5.10 Å². The monoisotopic (exact) mass is 687 g/mol. The van der Waals surface area contributed by atoms with Crippen molar-refractivity contribution in [3.05, 3.63) is 82.8 Å². The Morgan fingerprint density at radius 1 is 1.10 bits per heavy atom. The molecule has 276 valence electrons. The Labute approximate surface area is 295 Å². The van der Waals surface area contributed by atoms with Crippen LogP contribution in [0.25, 0.3) is 10.9 Å². The number of fused-ring (bicyclic) bond motifs is 1. The number of nitrogens with one attached hydrogen (secondary N) is 2. The first-order valence-corrected chi connectivity index (χ1v) is 17.6. The molecule has 0 unspecified atom stereocenters. The van der Waals surface area contributed by atoms with E-state index in [1.165, 1.54) is 25.0 Å². The number of aromatic nitrogens is 3. The number of likely N-dealkylation sites (tertiary alicyclic amines) is 1. The van der Waals surface area contributed by atoms with Crippen molar-refractivity contribution in [2.45, 2.75) is 101 Å². The number of benzene rings is 1. The minimum atomic E-state index is -0.448. The summed E-state index contributed by atoms with van der Waals surface area (Å²) >= 11 is 0. The minimum Gasteiger partial charge on any atom is -0.346 e. The number of aromatic amines is 1. The van der Waals surface area contributed by atoms with E-state index >= 15 is 0 Å². The van der Waals surface area contributed by atoms with Crippen LogP contribution in [-0.2, 0) is 4.79 Å². The molecule has 4 rings (SSSR count). The van der Waals surface area contributed by atoms with Gasteiger partial charge in [0, 0.05) is 60.6 Å². The second kappa shape index (κ2) is 30.3. The number of piperidine rings is 1. The van der Waals surface area contributed by atoms with Gasteiger partial charge in [-0.1, -0.05) is 47.1 Å². The van der Waals surface area contributed by atoms with Crippen molar-refractivity contribution in [3.63, 3.8) is 0 Å². The number of rotatable bonds is 9. The molecule has 1 saturated heterocycles. The topological polar surface area (TPSA) is 94.2 Å². The summed E-state index contributed by atoms with van der Waals surface area (Å²) in [4.78, 5) is 28.3. The van der Waals surface area contributed by atoms with Crippen LogP contribution in [0, 0.1) is 13.8 Å². The lowest BCUT2D eigenvalue weighted by Crippen LogP contribution is -2.45. The SMILES string of the molecule is C/C=C(F)\C(CN1CCC[C@@H](NC)C1)=C(/C)F.CC.CCC.CCCN(C=O)CC.Cc1ccnc(C)c1.O=Cc1ccc2[nH]ncc2c1. The molecule has 49 heavy (non-hydrogen) atoms. The van der Waals surface area contributed by atoms with Crippen LogP contribution < -0.4 is 5.32 Å². The molecule has 1 amide bonds. The van der Waals surface area contributed by atoms with Gasteiger partial charge in [0.25, 0.3) is 0 Å². The molecule has 0 spiro atoms. The lowest BCUT2D eigenvalue weighted by molar-refractivity contribution is -0.118. The number of pyridine rings is 1.